The first-order chi connectivity index (χ1) is 11.9. The van der Waals surface area contributed by atoms with Crippen molar-refractivity contribution in [2.24, 2.45) is 0 Å². The number of carbonyl (C=O) groups is 1. The topological polar surface area (TPSA) is 84.5 Å². The first-order valence-corrected chi connectivity index (χ1v) is 9.37. The number of hydrogen-bond acceptors (Lipinski definition) is 4. The van der Waals surface area contributed by atoms with E-state index in [0.717, 1.165) is 12.0 Å². The van der Waals surface area contributed by atoms with Crippen molar-refractivity contribution in [3.8, 4) is 0 Å². The molecule has 0 saturated heterocycles. The molecule has 6 nitrogen and oxygen atoms in total. The number of methoxy groups -OCH3 is 1. The van der Waals surface area contributed by atoms with Gasteiger partial charge in [0.25, 0.3) is 15.9 Å². The zero-order chi connectivity index (χ0) is 18.3. The number of aryl methyl sites for hydroxylation is 1. The van der Waals surface area contributed by atoms with Crippen molar-refractivity contribution in [2.75, 3.05) is 25.0 Å². The largest absolute Gasteiger partial charge is 0.385 e. The highest BCUT2D eigenvalue weighted by Crippen LogP contribution is 2.17. The van der Waals surface area contributed by atoms with Crippen LogP contribution in [0.1, 0.15) is 22.3 Å². The average Bonchev–Trinajstić information content (AvgIpc) is 2.59. The van der Waals surface area contributed by atoms with Gasteiger partial charge in [-0.25, -0.2) is 8.42 Å². The van der Waals surface area contributed by atoms with Crippen molar-refractivity contribution in [1.29, 1.82) is 0 Å². The second-order valence-corrected chi connectivity index (χ2v) is 7.28. The maximum absolute atomic E-state index is 12.3. The van der Waals surface area contributed by atoms with Gasteiger partial charge >= 0.3 is 0 Å². The molecular formula is C18H22N2O4S. The van der Waals surface area contributed by atoms with Gasteiger partial charge in [-0.1, -0.05) is 17.7 Å². The van der Waals surface area contributed by atoms with Gasteiger partial charge in [0.05, 0.1) is 4.90 Å². The predicted octanol–water partition coefficient (Wildman–Crippen LogP) is 2.56. The number of ether oxygens (including phenoxy) is 1. The molecular weight excluding hydrogens is 340 g/mol. The molecule has 2 aromatic carbocycles. The van der Waals surface area contributed by atoms with E-state index in [0.29, 0.717) is 24.4 Å². The van der Waals surface area contributed by atoms with E-state index in [1.807, 2.05) is 6.92 Å². The van der Waals surface area contributed by atoms with Gasteiger partial charge in [0, 0.05) is 31.5 Å². The van der Waals surface area contributed by atoms with Crippen molar-refractivity contribution in [1.82, 2.24) is 5.32 Å². The summed E-state index contributed by atoms with van der Waals surface area (Å²) >= 11 is 0. The van der Waals surface area contributed by atoms with E-state index >= 15 is 0 Å². The van der Waals surface area contributed by atoms with Crippen molar-refractivity contribution >= 4 is 21.6 Å². The number of nitrogens with one attached hydrogen (secondary N) is 2. The van der Waals surface area contributed by atoms with Gasteiger partial charge < -0.3 is 10.1 Å². The number of benzene rings is 2. The Morgan fingerprint density at radius 2 is 1.68 bits per heavy atom. The van der Waals surface area contributed by atoms with Gasteiger partial charge in [0.15, 0.2) is 0 Å². The molecule has 2 N–H and O–H groups in total. The third-order valence-electron chi connectivity index (χ3n) is 3.54. The number of sulfonamides is 1. The Balaban J connectivity index is 2.00. The number of rotatable bonds is 8. The second-order valence-electron chi connectivity index (χ2n) is 5.60. The number of anilines is 1. The standard InChI is InChI=1S/C18H22N2O4S/c1-14-4-10-17(11-5-14)25(22,23)20-16-8-6-15(7-9-16)18(21)19-12-3-13-24-2/h4-11,20H,3,12-13H2,1-2H3,(H,19,21). The SMILES string of the molecule is COCCCNC(=O)c1ccc(NS(=O)(=O)c2ccc(C)cc2)cc1. The summed E-state index contributed by atoms with van der Waals surface area (Å²) in [6, 6.07) is 12.9. The third-order valence-corrected chi connectivity index (χ3v) is 4.94. The quantitative estimate of drug-likeness (QED) is 0.707. The van der Waals surface area contributed by atoms with Gasteiger partial charge in [-0.3, -0.25) is 9.52 Å². The lowest BCUT2D eigenvalue weighted by atomic mass is 10.2. The van der Waals surface area contributed by atoms with Crippen LogP contribution in [0.3, 0.4) is 0 Å². The summed E-state index contributed by atoms with van der Waals surface area (Å²) in [6.45, 7) is 3.00. The Hall–Kier alpha value is -2.38. The molecule has 0 aliphatic rings. The maximum Gasteiger partial charge on any atom is 0.261 e. The van der Waals surface area contributed by atoms with E-state index < -0.39 is 10.0 Å². The highest BCUT2D eigenvalue weighted by Gasteiger charge is 2.14. The van der Waals surface area contributed by atoms with Crippen molar-refractivity contribution in [3.63, 3.8) is 0 Å². The molecule has 0 aliphatic carbocycles. The van der Waals surface area contributed by atoms with Crippen LogP contribution in [0, 0.1) is 6.92 Å². The zero-order valence-electron chi connectivity index (χ0n) is 14.3. The first kappa shape index (κ1) is 19.0. The molecule has 0 radical (unpaired) electrons. The highest BCUT2D eigenvalue weighted by atomic mass is 32.2. The summed E-state index contributed by atoms with van der Waals surface area (Å²) in [5, 5.41) is 2.78. The molecule has 0 saturated carbocycles. The van der Waals surface area contributed by atoms with Gasteiger partial charge in [-0.2, -0.15) is 0 Å². The van der Waals surface area contributed by atoms with E-state index in [1.54, 1.807) is 55.6 Å². The summed E-state index contributed by atoms with van der Waals surface area (Å²) in [5.74, 6) is -0.205. The molecule has 0 aromatic heterocycles. The molecule has 0 aliphatic heterocycles. The van der Waals surface area contributed by atoms with Crippen molar-refractivity contribution in [3.05, 3.63) is 59.7 Å². The lowest BCUT2D eigenvalue weighted by Gasteiger charge is -2.09. The fourth-order valence-electron chi connectivity index (χ4n) is 2.14. The Morgan fingerprint density at radius 3 is 2.28 bits per heavy atom. The summed E-state index contributed by atoms with van der Waals surface area (Å²) in [4.78, 5) is 12.2. The molecule has 0 bridgehead atoms. The Morgan fingerprint density at radius 1 is 1.04 bits per heavy atom. The Labute approximate surface area is 148 Å². The van der Waals surface area contributed by atoms with E-state index in [-0.39, 0.29) is 10.8 Å². The third kappa shape index (κ3) is 5.58. The van der Waals surface area contributed by atoms with Crippen LogP contribution in [0.4, 0.5) is 5.69 Å². The van der Waals surface area contributed by atoms with Crippen LogP contribution >= 0.6 is 0 Å². The summed E-state index contributed by atoms with van der Waals surface area (Å²) < 4.78 is 32.1. The zero-order valence-corrected chi connectivity index (χ0v) is 15.1. The van der Waals surface area contributed by atoms with Gasteiger partial charge in [-0.05, 0) is 49.7 Å². The molecule has 0 atom stereocenters. The molecule has 2 rings (SSSR count). The summed E-state index contributed by atoms with van der Waals surface area (Å²) in [6.07, 6.45) is 0.733. The molecule has 25 heavy (non-hydrogen) atoms. The van der Waals surface area contributed by atoms with E-state index in [2.05, 4.69) is 10.0 Å². The van der Waals surface area contributed by atoms with E-state index in [4.69, 9.17) is 4.74 Å². The molecule has 2 aromatic rings. The smallest absolute Gasteiger partial charge is 0.261 e. The first-order valence-electron chi connectivity index (χ1n) is 7.89. The fourth-order valence-corrected chi connectivity index (χ4v) is 3.20. The van der Waals surface area contributed by atoms with Gasteiger partial charge in [-0.15, -0.1) is 0 Å². The summed E-state index contributed by atoms with van der Waals surface area (Å²) in [7, 11) is -2.04. The molecule has 0 unspecified atom stereocenters. The minimum absolute atomic E-state index is 0.193. The molecule has 0 spiro atoms. The molecule has 134 valence electrons. The number of amides is 1. The van der Waals surface area contributed by atoms with Gasteiger partial charge in [0.1, 0.15) is 0 Å². The minimum atomic E-state index is -3.65. The highest BCUT2D eigenvalue weighted by molar-refractivity contribution is 7.92. The van der Waals surface area contributed by atoms with Gasteiger partial charge in [0.2, 0.25) is 0 Å². The minimum Gasteiger partial charge on any atom is -0.385 e. The van der Waals surface area contributed by atoms with Crippen molar-refractivity contribution in [2.45, 2.75) is 18.2 Å². The van der Waals surface area contributed by atoms with Crippen LogP contribution < -0.4 is 10.0 Å². The van der Waals surface area contributed by atoms with E-state index in [1.165, 1.54) is 0 Å². The second kappa shape index (κ2) is 8.64. The lowest BCUT2D eigenvalue weighted by Crippen LogP contribution is -2.25. The van der Waals surface area contributed by atoms with Crippen LogP contribution in [0.5, 0.6) is 0 Å². The predicted molar refractivity (Wildman–Crippen MR) is 97.3 cm³/mol. The maximum atomic E-state index is 12.3. The normalized spacial score (nSPS) is 11.1. The molecule has 0 heterocycles. The molecule has 1 amide bonds. The van der Waals surface area contributed by atoms with Crippen LogP contribution in [0.25, 0.3) is 0 Å². The molecule has 0 fully saturated rings. The average molecular weight is 362 g/mol. The summed E-state index contributed by atoms with van der Waals surface area (Å²) in [5.41, 5.74) is 1.85. The fraction of sp³-hybridized carbons (Fsp3) is 0.278. The molecule has 7 heteroatoms. The van der Waals surface area contributed by atoms with Crippen LogP contribution in [0.15, 0.2) is 53.4 Å². The lowest BCUT2D eigenvalue weighted by molar-refractivity contribution is 0.0948. The Kier molecular flexibility index (Phi) is 6.55. The van der Waals surface area contributed by atoms with Crippen LogP contribution in [-0.2, 0) is 14.8 Å². The van der Waals surface area contributed by atoms with Crippen molar-refractivity contribution < 1.29 is 17.9 Å². The Bertz CT molecular complexity index is 800. The number of carbonyl (C=O) groups excluding carboxylic acids is 1. The van der Waals surface area contributed by atoms with E-state index in [9.17, 15) is 13.2 Å². The monoisotopic (exact) mass is 362 g/mol. The van der Waals surface area contributed by atoms with Crippen LogP contribution in [0.2, 0.25) is 0 Å². The van der Waals surface area contributed by atoms with Crippen LogP contribution in [-0.4, -0.2) is 34.6 Å². The number of hydrogen-bond donors (Lipinski definition) is 2.